The van der Waals surface area contributed by atoms with Crippen LogP contribution in [0.2, 0.25) is 0 Å². The third-order valence-electron chi connectivity index (χ3n) is 1.50. The minimum absolute atomic E-state index is 0.184. The first-order valence-electron chi connectivity index (χ1n) is 4.10. The molecule has 0 aliphatic carbocycles. The van der Waals surface area contributed by atoms with Crippen LogP contribution in [0.4, 0.5) is 13.2 Å². The van der Waals surface area contributed by atoms with Gasteiger partial charge in [-0.05, 0) is 6.42 Å². The van der Waals surface area contributed by atoms with Crippen molar-refractivity contribution in [2.45, 2.75) is 32.9 Å². The van der Waals surface area contributed by atoms with E-state index in [-0.39, 0.29) is 6.61 Å². The molecule has 0 spiro atoms. The summed E-state index contributed by atoms with van der Waals surface area (Å²) in [6.45, 7) is 2.93. The van der Waals surface area contributed by atoms with Crippen molar-refractivity contribution in [1.82, 2.24) is 0 Å². The van der Waals surface area contributed by atoms with Crippen LogP contribution < -0.4 is 0 Å². The molecule has 0 radical (unpaired) electrons. The number of esters is 1. The first kappa shape index (κ1) is 12.3. The summed E-state index contributed by atoms with van der Waals surface area (Å²) in [7, 11) is 0. The maximum Gasteiger partial charge on any atom is 0.392 e. The van der Waals surface area contributed by atoms with Crippen molar-refractivity contribution in [3.63, 3.8) is 0 Å². The Morgan fingerprint density at radius 2 is 2.00 bits per heavy atom. The number of halogens is 3. The zero-order valence-electron chi connectivity index (χ0n) is 7.65. The molecule has 2 nitrogen and oxygen atoms in total. The van der Waals surface area contributed by atoms with Crippen LogP contribution in [0.1, 0.15) is 26.7 Å². The zero-order valence-corrected chi connectivity index (χ0v) is 7.65. The number of ether oxygens (including phenoxy) is 1. The second-order valence-corrected chi connectivity index (χ2v) is 2.87. The molecule has 0 aliphatic rings. The second kappa shape index (κ2) is 5.09. The largest absolute Gasteiger partial charge is 0.466 e. The summed E-state index contributed by atoms with van der Waals surface area (Å²) in [6.07, 6.45) is -4.29. The molecule has 5 heteroatoms. The van der Waals surface area contributed by atoms with Crippen molar-refractivity contribution >= 4 is 5.97 Å². The van der Waals surface area contributed by atoms with Crippen molar-refractivity contribution in [3.05, 3.63) is 0 Å². The maximum absolute atomic E-state index is 11.9. The molecular weight excluding hydrogens is 185 g/mol. The van der Waals surface area contributed by atoms with Gasteiger partial charge in [0.15, 0.2) is 0 Å². The van der Waals surface area contributed by atoms with Gasteiger partial charge in [0.05, 0.1) is 18.9 Å². The van der Waals surface area contributed by atoms with Gasteiger partial charge < -0.3 is 4.74 Å². The number of hydrogen-bond acceptors (Lipinski definition) is 2. The highest BCUT2D eigenvalue weighted by atomic mass is 19.4. The fraction of sp³-hybridized carbons (Fsp3) is 0.875. The van der Waals surface area contributed by atoms with Gasteiger partial charge in [-0.15, -0.1) is 0 Å². The lowest BCUT2D eigenvalue weighted by Gasteiger charge is -2.14. The Bertz CT molecular complexity index is 165. The predicted molar refractivity (Wildman–Crippen MR) is 41.1 cm³/mol. The Balaban J connectivity index is 3.79. The summed E-state index contributed by atoms with van der Waals surface area (Å²) in [5.74, 6) is -2.41. The SMILES string of the molecule is CCCOC(=O)CC(C)C(F)(F)F. The summed E-state index contributed by atoms with van der Waals surface area (Å²) < 4.78 is 40.3. The Morgan fingerprint density at radius 3 is 2.38 bits per heavy atom. The lowest BCUT2D eigenvalue weighted by molar-refractivity contribution is -0.180. The van der Waals surface area contributed by atoms with Gasteiger partial charge in [-0.25, -0.2) is 0 Å². The lowest BCUT2D eigenvalue weighted by Crippen LogP contribution is -2.23. The van der Waals surface area contributed by atoms with Gasteiger partial charge >= 0.3 is 12.1 Å². The Labute approximate surface area is 75.1 Å². The molecule has 0 heterocycles. The van der Waals surface area contributed by atoms with Gasteiger partial charge in [0, 0.05) is 0 Å². The van der Waals surface area contributed by atoms with Crippen molar-refractivity contribution in [1.29, 1.82) is 0 Å². The Morgan fingerprint density at radius 1 is 1.46 bits per heavy atom. The summed E-state index contributed by atoms with van der Waals surface area (Å²) in [4.78, 5) is 10.7. The average molecular weight is 198 g/mol. The van der Waals surface area contributed by atoms with Crippen molar-refractivity contribution in [2.24, 2.45) is 5.92 Å². The third kappa shape index (κ3) is 5.49. The van der Waals surface area contributed by atoms with Gasteiger partial charge in [-0.3, -0.25) is 4.79 Å². The number of hydrogen-bond donors (Lipinski definition) is 0. The highest BCUT2D eigenvalue weighted by molar-refractivity contribution is 5.69. The molecule has 0 bridgehead atoms. The molecule has 0 rings (SSSR count). The Kier molecular flexibility index (Phi) is 4.80. The average Bonchev–Trinajstić information content (AvgIpc) is 1.99. The number of rotatable bonds is 4. The number of alkyl halides is 3. The molecule has 0 saturated heterocycles. The molecule has 1 atom stereocenters. The monoisotopic (exact) mass is 198 g/mol. The van der Waals surface area contributed by atoms with E-state index in [1.807, 2.05) is 0 Å². The van der Waals surface area contributed by atoms with Crippen LogP contribution in [0, 0.1) is 5.92 Å². The minimum Gasteiger partial charge on any atom is -0.466 e. The standard InChI is InChI=1S/C8H13F3O2/c1-3-4-13-7(12)5-6(2)8(9,10)11/h6H,3-5H2,1-2H3. The molecule has 0 aromatic rings. The first-order chi connectivity index (χ1) is 5.88. The molecule has 0 amide bonds. The van der Waals surface area contributed by atoms with Crippen LogP contribution in [-0.2, 0) is 9.53 Å². The summed E-state index contributed by atoms with van der Waals surface area (Å²) in [6, 6.07) is 0. The van der Waals surface area contributed by atoms with E-state index in [0.29, 0.717) is 6.42 Å². The highest BCUT2D eigenvalue weighted by Crippen LogP contribution is 2.28. The van der Waals surface area contributed by atoms with Crippen LogP contribution in [0.3, 0.4) is 0 Å². The highest BCUT2D eigenvalue weighted by Gasteiger charge is 2.37. The second-order valence-electron chi connectivity index (χ2n) is 2.87. The van der Waals surface area contributed by atoms with Gasteiger partial charge in [-0.1, -0.05) is 13.8 Å². The first-order valence-corrected chi connectivity index (χ1v) is 4.10. The van der Waals surface area contributed by atoms with E-state index < -0.39 is 24.5 Å². The fourth-order valence-electron chi connectivity index (χ4n) is 0.641. The van der Waals surface area contributed by atoms with Crippen LogP contribution in [0.5, 0.6) is 0 Å². The fourth-order valence-corrected chi connectivity index (χ4v) is 0.641. The summed E-state index contributed by atoms with van der Waals surface area (Å²) >= 11 is 0. The van der Waals surface area contributed by atoms with Crippen molar-refractivity contribution < 1.29 is 22.7 Å². The van der Waals surface area contributed by atoms with Crippen LogP contribution in [-0.4, -0.2) is 18.8 Å². The quantitative estimate of drug-likeness (QED) is 0.649. The van der Waals surface area contributed by atoms with Crippen LogP contribution in [0.15, 0.2) is 0 Å². The van der Waals surface area contributed by atoms with E-state index in [0.717, 1.165) is 6.92 Å². The predicted octanol–water partition coefficient (Wildman–Crippen LogP) is 2.53. The van der Waals surface area contributed by atoms with E-state index in [2.05, 4.69) is 4.74 Å². The minimum atomic E-state index is -4.31. The molecule has 0 fully saturated rings. The van der Waals surface area contributed by atoms with E-state index >= 15 is 0 Å². The molecule has 0 aromatic carbocycles. The molecule has 78 valence electrons. The van der Waals surface area contributed by atoms with Gasteiger partial charge in [0.25, 0.3) is 0 Å². The normalized spacial score (nSPS) is 13.9. The maximum atomic E-state index is 11.9. The van der Waals surface area contributed by atoms with E-state index in [9.17, 15) is 18.0 Å². The number of carbonyl (C=O) groups is 1. The Hall–Kier alpha value is -0.740. The molecule has 1 unspecified atom stereocenters. The molecule has 0 N–H and O–H groups in total. The number of carbonyl (C=O) groups excluding carboxylic acids is 1. The molecule has 0 aliphatic heterocycles. The van der Waals surface area contributed by atoms with Crippen molar-refractivity contribution in [2.75, 3.05) is 6.61 Å². The van der Waals surface area contributed by atoms with Gasteiger partial charge in [0.2, 0.25) is 0 Å². The molecule has 0 aromatic heterocycles. The van der Waals surface area contributed by atoms with Crippen molar-refractivity contribution in [3.8, 4) is 0 Å². The topological polar surface area (TPSA) is 26.3 Å². The summed E-state index contributed by atoms with van der Waals surface area (Å²) in [5, 5.41) is 0. The smallest absolute Gasteiger partial charge is 0.392 e. The van der Waals surface area contributed by atoms with Gasteiger partial charge in [-0.2, -0.15) is 13.2 Å². The molecule has 0 saturated carbocycles. The van der Waals surface area contributed by atoms with Crippen LogP contribution >= 0.6 is 0 Å². The van der Waals surface area contributed by atoms with E-state index in [4.69, 9.17) is 0 Å². The van der Waals surface area contributed by atoms with Crippen LogP contribution in [0.25, 0.3) is 0 Å². The third-order valence-corrected chi connectivity index (χ3v) is 1.50. The lowest BCUT2D eigenvalue weighted by atomic mass is 10.1. The molecular formula is C8H13F3O2. The van der Waals surface area contributed by atoms with E-state index in [1.54, 1.807) is 6.92 Å². The zero-order chi connectivity index (χ0) is 10.5. The van der Waals surface area contributed by atoms with Gasteiger partial charge in [0.1, 0.15) is 0 Å². The summed E-state index contributed by atoms with van der Waals surface area (Å²) in [5.41, 5.74) is 0. The van der Waals surface area contributed by atoms with E-state index in [1.165, 1.54) is 0 Å². The molecule has 13 heavy (non-hydrogen) atoms.